The average molecular weight is 468 g/mol. The lowest BCUT2D eigenvalue weighted by molar-refractivity contribution is -0.159. The standard InChI is InChI=1S/C18H18BrN3O3S2/c1-16(20-3)9-18-15(24)21(4)17(2,27(18)26)14(23)22(18)13(16)11-8-10(25-5)6-7-12(11)19/h6-8,13H,9H2,1-2,4-5H3/t13?,16-,17?,18?,27?/m0/s1. The molecular weight excluding hydrogens is 450 g/mol. The Kier molecular flexibility index (Phi) is 3.85. The summed E-state index contributed by atoms with van der Waals surface area (Å²) < 4.78 is 6.12. The number of piperazine rings is 1. The number of benzene rings is 1. The number of carbonyl (C=O) groups excluding carboxylic acids is 2. The van der Waals surface area contributed by atoms with Gasteiger partial charge in [-0.05, 0) is 45.8 Å². The van der Waals surface area contributed by atoms with Gasteiger partial charge in [-0.2, -0.15) is 0 Å². The zero-order valence-electron chi connectivity index (χ0n) is 15.3. The first kappa shape index (κ1) is 18.8. The number of hydrogen-bond acceptors (Lipinski definition) is 4. The van der Waals surface area contributed by atoms with Crippen molar-refractivity contribution in [1.29, 1.82) is 0 Å². The van der Waals surface area contributed by atoms with E-state index in [1.54, 1.807) is 26.0 Å². The normalized spacial score (nSPS) is 39.7. The number of fused-ring (bicyclic) bond motifs is 1. The van der Waals surface area contributed by atoms with Crippen LogP contribution in [0, 0.1) is 6.57 Å². The lowest BCUT2D eigenvalue weighted by atomic mass is 9.87. The van der Waals surface area contributed by atoms with E-state index in [-0.39, 0.29) is 18.2 Å². The molecule has 4 unspecified atom stereocenters. The molecule has 2 amide bonds. The van der Waals surface area contributed by atoms with Crippen molar-refractivity contribution < 1.29 is 14.3 Å². The van der Waals surface area contributed by atoms with Crippen LogP contribution < -0.4 is 4.74 Å². The Balaban J connectivity index is 2.00. The molecule has 142 valence electrons. The zero-order valence-corrected chi connectivity index (χ0v) is 18.5. The van der Waals surface area contributed by atoms with E-state index in [1.165, 1.54) is 4.90 Å². The van der Waals surface area contributed by atoms with Gasteiger partial charge in [0.25, 0.3) is 17.4 Å². The second-order valence-electron chi connectivity index (χ2n) is 7.51. The van der Waals surface area contributed by atoms with Crippen molar-refractivity contribution in [1.82, 2.24) is 9.80 Å². The average Bonchev–Trinajstić information content (AvgIpc) is 3.08. The predicted octanol–water partition coefficient (Wildman–Crippen LogP) is 2.39. The molecule has 3 aliphatic rings. The summed E-state index contributed by atoms with van der Waals surface area (Å²) in [6.45, 7) is 11.4. The van der Waals surface area contributed by atoms with Gasteiger partial charge in [-0.1, -0.05) is 15.9 Å². The molecule has 1 aromatic carbocycles. The lowest BCUT2D eigenvalue weighted by Gasteiger charge is -2.39. The van der Waals surface area contributed by atoms with E-state index >= 15 is 0 Å². The summed E-state index contributed by atoms with van der Waals surface area (Å²) in [5.41, 5.74) is -0.201. The van der Waals surface area contributed by atoms with Crippen molar-refractivity contribution in [3.8, 4) is 5.75 Å². The molecule has 0 radical (unpaired) electrons. The number of halogens is 1. The molecule has 3 saturated heterocycles. The lowest BCUT2D eigenvalue weighted by Crippen LogP contribution is -2.60. The molecule has 4 rings (SSSR count). The van der Waals surface area contributed by atoms with Crippen LogP contribution in [-0.2, 0) is 30.2 Å². The van der Waals surface area contributed by atoms with Crippen LogP contribution in [0.5, 0.6) is 5.75 Å². The van der Waals surface area contributed by atoms with E-state index in [0.717, 1.165) is 10.0 Å². The van der Waals surface area contributed by atoms with Gasteiger partial charge in [0, 0.05) is 24.0 Å². The number of amides is 2. The number of nitrogens with zero attached hydrogens (tertiary/aromatic N) is 3. The van der Waals surface area contributed by atoms with Crippen molar-refractivity contribution in [2.75, 3.05) is 14.2 Å². The highest BCUT2D eigenvalue weighted by Gasteiger charge is 2.82. The van der Waals surface area contributed by atoms with E-state index in [0.29, 0.717) is 5.75 Å². The van der Waals surface area contributed by atoms with Crippen LogP contribution in [0.4, 0.5) is 0 Å². The van der Waals surface area contributed by atoms with Gasteiger partial charge in [0.15, 0.2) is 9.74 Å². The van der Waals surface area contributed by atoms with Gasteiger partial charge in [-0.3, -0.25) is 9.59 Å². The molecule has 3 heterocycles. The van der Waals surface area contributed by atoms with Crippen LogP contribution in [0.2, 0.25) is 0 Å². The molecule has 3 fully saturated rings. The van der Waals surface area contributed by atoms with E-state index in [9.17, 15) is 9.59 Å². The van der Waals surface area contributed by atoms with Crippen LogP contribution in [0.1, 0.15) is 31.9 Å². The minimum absolute atomic E-state index is 0.153. The highest BCUT2D eigenvalue weighted by Crippen LogP contribution is 2.63. The molecule has 0 aliphatic carbocycles. The van der Waals surface area contributed by atoms with Gasteiger partial charge in [0.2, 0.25) is 0 Å². The minimum atomic E-state index is -1.12. The summed E-state index contributed by atoms with van der Waals surface area (Å²) in [4.78, 5) is 31.6. The van der Waals surface area contributed by atoms with Crippen molar-refractivity contribution in [3.63, 3.8) is 0 Å². The Bertz CT molecular complexity index is 979. The fourth-order valence-corrected chi connectivity index (χ4v) is 8.61. The van der Waals surface area contributed by atoms with Crippen LogP contribution in [0.3, 0.4) is 0 Å². The molecule has 0 aromatic heterocycles. The summed E-state index contributed by atoms with van der Waals surface area (Å²) in [7, 11) is 2.27. The molecule has 2 bridgehead atoms. The second kappa shape index (κ2) is 5.52. The molecule has 9 heteroatoms. The number of ether oxygens (including phenoxy) is 1. The number of methoxy groups -OCH3 is 1. The van der Waals surface area contributed by atoms with Gasteiger partial charge < -0.3 is 19.4 Å². The van der Waals surface area contributed by atoms with Crippen molar-refractivity contribution in [3.05, 3.63) is 39.7 Å². The molecule has 1 aromatic rings. The Morgan fingerprint density at radius 2 is 2.04 bits per heavy atom. The van der Waals surface area contributed by atoms with E-state index in [4.69, 9.17) is 22.5 Å². The van der Waals surface area contributed by atoms with Gasteiger partial charge in [0.1, 0.15) is 11.8 Å². The molecule has 1 spiro atoms. The van der Waals surface area contributed by atoms with Crippen molar-refractivity contribution in [2.24, 2.45) is 0 Å². The third-order valence-corrected chi connectivity index (χ3v) is 11.0. The summed E-state index contributed by atoms with van der Waals surface area (Å²) in [5, 5.41) is 0. The fraction of sp³-hybridized carbons (Fsp3) is 0.500. The number of rotatable bonds is 2. The maximum Gasteiger partial charge on any atom is 0.261 e. The Hall–Kier alpha value is -1.50. The molecular formula is C18H18BrN3O3S2. The van der Waals surface area contributed by atoms with Gasteiger partial charge >= 0.3 is 0 Å². The van der Waals surface area contributed by atoms with Gasteiger partial charge in [-0.15, -0.1) is 0 Å². The van der Waals surface area contributed by atoms with E-state index in [2.05, 4.69) is 20.8 Å². The van der Waals surface area contributed by atoms with Crippen molar-refractivity contribution in [2.45, 2.75) is 41.6 Å². The summed E-state index contributed by atoms with van der Waals surface area (Å²) in [6.07, 6.45) is 0.245. The van der Waals surface area contributed by atoms with Crippen LogP contribution in [-0.4, -0.2) is 51.1 Å². The number of likely N-dealkylation sites (N-methyl/N-ethyl adjacent to an activating group) is 1. The summed E-state index contributed by atoms with van der Waals surface area (Å²) in [6, 6.07) is 4.90. The Morgan fingerprint density at radius 1 is 1.37 bits per heavy atom. The fourth-order valence-electron chi connectivity index (χ4n) is 4.64. The summed E-state index contributed by atoms with van der Waals surface area (Å²) >= 11 is 9.34. The number of carbonyl (C=O) groups is 2. The highest BCUT2D eigenvalue weighted by atomic mass is 79.9. The third kappa shape index (κ3) is 1.91. The first-order chi connectivity index (χ1) is 12.6. The van der Waals surface area contributed by atoms with Gasteiger partial charge in [0.05, 0.1) is 13.5 Å². The molecule has 3 aliphatic heterocycles. The number of hydrogen-bond donors (Lipinski definition) is 0. The highest BCUT2D eigenvalue weighted by molar-refractivity contribution is 9.10. The molecule has 6 nitrogen and oxygen atoms in total. The SMILES string of the molecule is [C-]#[N+][C@@]1(C)CC23C(=O)N(C)C(C)(C(=O)N2C1c1cc(OC)ccc1Br)S3=S. The monoisotopic (exact) mass is 467 g/mol. The maximum absolute atomic E-state index is 13.5. The third-order valence-electron chi connectivity index (χ3n) is 6.15. The molecule has 0 saturated carbocycles. The zero-order chi connectivity index (χ0) is 19.9. The van der Waals surface area contributed by atoms with Crippen LogP contribution >= 0.6 is 15.9 Å². The second-order valence-corrected chi connectivity index (χ2v) is 11.4. The summed E-state index contributed by atoms with van der Waals surface area (Å²) in [5.74, 6) is 0.305. The molecule has 0 N–H and O–H groups in total. The maximum atomic E-state index is 13.5. The van der Waals surface area contributed by atoms with Crippen LogP contribution in [0.25, 0.3) is 4.85 Å². The van der Waals surface area contributed by atoms with Crippen LogP contribution in [0.15, 0.2) is 22.7 Å². The topological polar surface area (TPSA) is 54.2 Å². The first-order valence-electron chi connectivity index (χ1n) is 8.35. The Labute approximate surface area is 173 Å². The quantitative estimate of drug-likeness (QED) is 0.626. The molecule has 27 heavy (non-hydrogen) atoms. The predicted molar refractivity (Wildman–Crippen MR) is 109 cm³/mol. The van der Waals surface area contributed by atoms with E-state index < -0.39 is 30.8 Å². The largest absolute Gasteiger partial charge is 0.497 e. The molecule has 5 atom stereocenters. The minimum Gasteiger partial charge on any atom is -0.497 e. The smallest absolute Gasteiger partial charge is 0.261 e. The van der Waals surface area contributed by atoms with E-state index in [1.807, 2.05) is 25.1 Å². The van der Waals surface area contributed by atoms with Crippen molar-refractivity contribution >= 4 is 48.4 Å². The first-order valence-corrected chi connectivity index (χ1v) is 11.3. The Morgan fingerprint density at radius 3 is 2.63 bits per heavy atom. The van der Waals surface area contributed by atoms with Gasteiger partial charge in [-0.25, -0.2) is 6.57 Å².